The fraction of sp³-hybridized carbons (Fsp3) is 0.0690. The molecule has 0 bridgehead atoms. The van der Waals surface area contributed by atoms with Crippen LogP contribution in [0.2, 0.25) is 0 Å². The van der Waals surface area contributed by atoms with Crippen LogP contribution in [-0.4, -0.2) is 0 Å². The minimum absolute atomic E-state index is 0.264. The molecule has 2 unspecified atom stereocenters. The van der Waals surface area contributed by atoms with Crippen molar-refractivity contribution in [2.75, 3.05) is 4.90 Å². The van der Waals surface area contributed by atoms with Crippen molar-refractivity contribution in [1.82, 2.24) is 0 Å². The Hall–Kier alpha value is -7.00. The number of hydrogen-bond acceptors (Lipinski definition) is 2. The predicted molar refractivity (Wildman–Crippen MR) is 254 cm³/mol. The minimum atomic E-state index is -0.264. The average molecular weight is 784 g/mol. The third-order valence-electron chi connectivity index (χ3n) is 13.6. The molecule has 2 aliphatic rings. The zero-order chi connectivity index (χ0) is 40.0. The molecule has 1 aromatic heterocycles. The van der Waals surface area contributed by atoms with Gasteiger partial charge in [0.15, 0.2) is 0 Å². The molecule has 9 aromatic carbocycles. The van der Waals surface area contributed by atoms with Gasteiger partial charge in [-0.3, -0.25) is 0 Å². The summed E-state index contributed by atoms with van der Waals surface area (Å²) in [5, 5.41) is 2.63. The Kier molecular flexibility index (Phi) is 7.73. The molecule has 2 atom stereocenters. The summed E-state index contributed by atoms with van der Waals surface area (Å²) < 4.78 is 2.65. The van der Waals surface area contributed by atoms with Crippen LogP contribution in [0.25, 0.3) is 53.6 Å². The van der Waals surface area contributed by atoms with E-state index in [1.807, 2.05) is 11.3 Å². The first-order valence-corrected chi connectivity index (χ1v) is 21.7. The molecule has 0 spiro atoms. The largest absolute Gasteiger partial charge is 0.310 e. The van der Waals surface area contributed by atoms with Crippen molar-refractivity contribution in [3.8, 4) is 33.4 Å². The van der Waals surface area contributed by atoms with E-state index in [-0.39, 0.29) is 10.8 Å². The Balaban J connectivity index is 1.06. The van der Waals surface area contributed by atoms with E-state index in [2.05, 4.69) is 231 Å². The van der Waals surface area contributed by atoms with Crippen molar-refractivity contribution in [2.45, 2.75) is 24.7 Å². The van der Waals surface area contributed by atoms with Crippen LogP contribution in [0.5, 0.6) is 0 Å². The van der Waals surface area contributed by atoms with E-state index in [1.54, 1.807) is 0 Å². The van der Waals surface area contributed by atoms with Gasteiger partial charge < -0.3 is 4.90 Å². The van der Waals surface area contributed by atoms with E-state index in [0.717, 1.165) is 17.1 Å². The van der Waals surface area contributed by atoms with Crippen LogP contribution in [0, 0.1) is 0 Å². The summed E-state index contributed by atoms with van der Waals surface area (Å²) >= 11 is 1.87. The van der Waals surface area contributed by atoms with Gasteiger partial charge in [0.25, 0.3) is 0 Å². The first-order chi connectivity index (χ1) is 29.5. The van der Waals surface area contributed by atoms with E-state index in [1.165, 1.54) is 86.9 Å². The summed E-state index contributed by atoms with van der Waals surface area (Å²) in [7, 11) is 0. The lowest BCUT2D eigenvalue weighted by Crippen LogP contribution is -2.22. The highest BCUT2D eigenvalue weighted by atomic mass is 32.1. The zero-order valence-corrected chi connectivity index (χ0v) is 34.4. The highest BCUT2D eigenvalue weighted by Crippen LogP contribution is 2.56. The molecule has 0 N–H and O–H groups in total. The lowest BCUT2D eigenvalue weighted by atomic mass is 9.74. The third kappa shape index (κ3) is 5.04. The van der Waals surface area contributed by atoms with E-state index >= 15 is 0 Å². The monoisotopic (exact) mass is 783 g/mol. The molecule has 0 amide bonds. The SMILES string of the molecule is CC1(c2ccccc2)c2ccccc2-c2cc(N(c3cccc(-c4ccc5sc6ccccc6c5c4)c3)c3ccc4c(c3)-c3ccccc3C4(C)c3ccccc3)ccc21. The molecular formula is C58H41NS. The van der Waals surface area contributed by atoms with Crippen LogP contribution < -0.4 is 4.90 Å². The molecule has 2 heteroatoms. The molecule has 2 aliphatic carbocycles. The van der Waals surface area contributed by atoms with E-state index in [9.17, 15) is 0 Å². The van der Waals surface area contributed by atoms with Gasteiger partial charge in [-0.05, 0) is 135 Å². The standard InChI is InChI=1S/C58H41NS/c1-57(40-17-5-3-6-18-40)51-25-12-9-22-45(51)48-36-43(29-31-53(48)57)59(42-21-15-16-38(34-42)39-28-33-56-50(35-39)47-24-11-14-27-55(47)60-56)44-30-32-54-49(37-44)46-23-10-13-26-52(46)58(54,2)41-19-7-4-8-20-41/h3-37H,1-2H3. The van der Waals surface area contributed by atoms with E-state index in [4.69, 9.17) is 0 Å². The number of thiophene rings is 1. The number of rotatable bonds is 6. The average Bonchev–Trinajstić information content (AvgIpc) is 3.91. The smallest absolute Gasteiger partial charge is 0.0468 e. The second-order valence-corrected chi connectivity index (χ2v) is 17.8. The van der Waals surface area contributed by atoms with Gasteiger partial charge in [0.05, 0.1) is 0 Å². The number of nitrogens with zero attached hydrogens (tertiary/aromatic N) is 1. The summed E-state index contributed by atoms with van der Waals surface area (Å²) in [6.07, 6.45) is 0. The molecular weight excluding hydrogens is 743 g/mol. The van der Waals surface area contributed by atoms with Crippen LogP contribution >= 0.6 is 11.3 Å². The minimum Gasteiger partial charge on any atom is -0.310 e. The second-order valence-electron chi connectivity index (χ2n) is 16.7. The highest BCUT2D eigenvalue weighted by Gasteiger charge is 2.42. The molecule has 0 fully saturated rings. The first kappa shape index (κ1) is 35.0. The van der Waals surface area contributed by atoms with Gasteiger partial charge in [0.1, 0.15) is 0 Å². The molecule has 1 heterocycles. The summed E-state index contributed by atoms with van der Waals surface area (Å²) in [6, 6.07) is 79.2. The fourth-order valence-corrected chi connectivity index (χ4v) is 11.7. The highest BCUT2D eigenvalue weighted by molar-refractivity contribution is 7.25. The molecule has 0 saturated heterocycles. The van der Waals surface area contributed by atoms with Gasteiger partial charge >= 0.3 is 0 Å². The van der Waals surface area contributed by atoms with Gasteiger partial charge in [0.2, 0.25) is 0 Å². The van der Waals surface area contributed by atoms with Crippen molar-refractivity contribution >= 4 is 48.6 Å². The van der Waals surface area contributed by atoms with Crippen LogP contribution in [0.3, 0.4) is 0 Å². The van der Waals surface area contributed by atoms with Crippen LogP contribution in [0.1, 0.15) is 47.2 Å². The maximum absolute atomic E-state index is 2.48. The lowest BCUT2D eigenvalue weighted by molar-refractivity contribution is 0.714. The zero-order valence-electron chi connectivity index (χ0n) is 33.6. The number of benzene rings is 9. The molecule has 12 rings (SSSR count). The van der Waals surface area contributed by atoms with Crippen LogP contribution in [-0.2, 0) is 10.8 Å². The maximum atomic E-state index is 2.48. The third-order valence-corrected chi connectivity index (χ3v) is 14.8. The van der Waals surface area contributed by atoms with Gasteiger partial charge in [-0.15, -0.1) is 11.3 Å². The van der Waals surface area contributed by atoms with E-state index < -0.39 is 0 Å². The normalized spacial score (nSPS) is 17.3. The van der Waals surface area contributed by atoms with Crippen molar-refractivity contribution in [3.63, 3.8) is 0 Å². The molecule has 0 aliphatic heterocycles. The van der Waals surface area contributed by atoms with Gasteiger partial charge in [0, 0.05) is 48.1 Å². The Morgan fingerprint density at radius 1 is 0.333 bits per heavy atom. The van der Waals surface area contributed by atoms with Crippen molar-refractivity contribution in [3.05, 3.63) is 246 Å². The number of anilines is 3. The van der Waals surface area contributed by atoms with Crippen LogP contribution in [0.15, 0.2) is 212 Å². The quantitative estimate of drug-likeness (QED) is 0.162. The van der Waals surface area contributed by atoms with Gasteiger partial charge in [-0.2, -0.15) is 0 Å². The predicted octanol–water partition coefficient (Wildman–Crippen LogP) is 15.9. The van der Waals surface area contributed by atoms with Gasteiger partial charge in [-0.1, -0.05) is 158 Å². The molecule has 10 aromatic rings. The second kappa shape index (κ2) is 13.3. The van der Waals surface area contributed by atoms with Crippen molar-refractivity contribution in [1.29, 1.82) is 0 Å². The number of hydrogen-bond donors (Lipinski definition) is 0. The van der Waals surface area contributed by atoms with Gasteiger partial charge in [-0.25, -0.2) is 0 Å². The first-order valence-electron chi connectivity index (χ1n) is 20.9. The van der Waals surface area contributed by atoms with Crippen molar-refractivity contribution in [2.24, 2.45) is 0 Å². The number of fused-ring (bicyclic) bond motifs is 9. The Morgan fingerprint density at radius 3 is 1.43 bits per heavy atom. The summed E-state index contributed by atoms with van der Waals surface area (Å²) in [5.74, 6) is 0. The Morgan fingerprint density at radius 2 is 0.817 bits per heavy atom. The maximum Gasteiger partial charge on any atom is 0.0468 e. The Bertz CT molecular complexity index is 3160. The topological polar surface area (TPSA) is 3.24 Å². The molecule has 60 heavy (non-hydrogen) atoms. The Labute approximate surface area is 355 Å². The van der Waals surface area contributed by atoms with Crippen molar-refractivity contribution < 1.29 is 0 Å². The fourth-order valence-electron chi connectivity index (χ4n) is 10.6. The van der Waals surface area contributed by atoms with Crippen LogP contribution in [0.4, 0.5) is 17.1 Å². The lowest BCUT2D eigenvalue weighted by Gasteiger charge is -2.31. The molecule has 0 saturated carbocycles. The molecule has 1 nitrogen and oxygen atoms in total. The summed E-state index contributed by atoms with van der Waals surface area (Å²) in [5.41, 5.74) is 18.4. The van der Waals surface area contributed by atoms with E-state index in [0.29, 0.717) is 0 Å². The summed E-state index contributed by atoms with van der Waals surface area (Å²) in [4.78, 5) is 2.48. The molecule has 0 radical (unpaired) electrons. The molecule has 284 valence electrons. The summed E-state index contributed by atoms with van der Waals surface area (Å²) in [6.45, 7) is 4.78.